The van der Waals surface area contributed by atoms with Crippen LogP contribution in [-0.2, 0) is 20.8 Å². The minimum atomic E-state index is -1.14. The highest BCUT2D eigenvalue weighted by Crippen LogP contribution is 2.08. The van der Waals surface area contributed by atoms with Crippen LogP contribution in [0.15, 0.2) is 30.3 Å². The number of carboxylic acids is 1. The number of hydrogen-bond donors (Lipinski definition) is 5. The summed E-state index contributed by atoms with van der Waals surface area (Å²) in [5, 5.41) is 14.5. The SMILES string of the molecule is CC(C)CC(NC(=O)C(N)CS)C(=O)NC(Cc1ccccc1)C(=O)O. The average Bonchev–Trinajstić information content (AvgIpc) is 2.60. The van der Waals surface area contributed by atoms with Gasteiger partial charge in [-0.25, -0.2) is 4.79 Å². The van der Waals surface area contributed by atoms with Crippen molar-refractivity contribution in [2.75, 3.05) is 5.75 Å². The van der Waals surface area contributed by atoms with Crippen LogP contribution in [-0.4, -0.2) is 46.8 Å². The second-order valence-corrected chi connectivity index (χ2v) is 6.93. The van der Waals surface area contributed by atoms with Crippen LogP contribution in [0.5, 0.6) is 0 Å². The zero-order chi connectivity index (χ0) is 19.7. The Bertz CT molecular complexity index is 610. The monoisotopic (exact) mass is 381 g/mol. The highest BCUT2D eigenvalue weighted by molar-refractivity contribution is 7.80. The molecule has 8 heteroatoms. The first-order valence-corrected chi connectivity index (χ1v) is 9.11. The third kappa shape index (κ3) is 7.45. The van der Waals surface area contributed by atoms with Gasteiger partial charge in [-0.2, -0.15) is 12.6 Å². The Kier molecular flexibility index (Phi) is 9.15. The number of amides is 2. The van der Waals surface area contributed by atoms with Crippen molar-refractivity contribution >= 4 is 30.4 Å². The standard InChI is InChI=1S/C18H27N3O4S/c1-11(2)8-14(20-16(22)13(19)10-26)17(23)21-15(18(24)25)9-12-6-4-3-5-7-12/h3-7,11,13-15,26H,8-10,19H2,1-2H3,(H,20,22)(H,21,23)(H,24,25). The Morgan fingerprint density at radius 3 is 2.15 bits per heavy atom. The summed E-state index contributed by atoms with van der Waals surface area (Å²) in [6.45, 7) is 3.81. The van der Waals surface area contributed by atoms with E-state index in [2.05, 4.69) is 23.3 Å². The molecule has 2 amide bonds. The van der Waals surface area contributed by atoms with Gasteiger partial charge in [0.25, 0.3) is 0 Å². The Labute approximate surface area is 159 Å². The first kappa shape index (κ1) is 22.0. The molecule has 26 heavy (non-hydrogen) atoms. The van der Waals surface area contributed by atoms with Gasteiger partial charge in [0, 0.05) is 12.2 Å². The van der Waals surface area contributed by atoms with Crippen LogP contribution >= 0.6 is 12.6 Å². The van der Waals surface area contributed by atoms with Gasteiger partial charge in [-0.15, -0.1) is 0 Å². The van der Waals surface area contributed by atoms with Crippen molar-refractivity contribution < 1.29 is 19.5 Å². The number of carbonyl (C=O) groups is 3. The van der Waals surface area contributed by atoms with Gasteiger partial charge < -0.3 is 21.5 Å². The minimum absolute atomic E-state index is 0.121. The molecule has 0 radical (unpaired) electrons. The van der Waals surface area contributed by atoms with E-state index in [1.165, 1.54) is 0 Å². The summed E-state index contributed by atoms with van der Waals surface area (Å²) in [4.78, 5) is 36.1. The molecule has 0 bridgehead atoms. The van der Waals surface area contributed by atoms with Gasteiger partial charge >= 0.3 is 5.97 Å². The van der Waals surface area contributed by atoms with E-state index in [9.17, 15) is 19.5 Å². The Morgan fingerprint density at radius 1 is 1.08 bits per heavy atom. The molecule has 3 atom stereocenters. The van der Waals surface area contributed by atoms with Crippen LogP contribution in [0.3, 0.4) is 0 Å². The van der Waals surface area contributed by atoms with Gasteiger partial charge in [-0.1, -0.05) is 44.2 Å². The lowest BCUT2D eigenvalue weighted by molar-refractivity contribution is -0.142. The number of carbonyl (C=O) groups excluding carboxylic acids is 2. The fraction of sp³-hybridized carbons (Fsp3) is 0.500. The Hall–Kier alpha value is -2.06. The molecular formula is C18H27N3O4S. The van der Waals surface area contributed by atoms with Crippen LogP contribution in [0.4, 0.5) is 0 Å². The molecule has 0 fully saturated rings. The maximum absolute atomic E-state index is 12.6. The van der Waals surface area contributed by atoms with Gasteiger partial charge in [-0.05, 0) is 17.9 Å². The minimum Gasteiger partial charge on any atom is -0.480 e. The van der Waals surface area contributed by atoms with Gasteiger partial charge in [-0.3, -0.25) is 9.59 Å². The molecule has 0 saturated heterocycles. The summed E-state index contributed by atoms with van der Waals surface area (Å²) >= 11 is 3.97. The molecular weight excluding hydrogens is 354 g/mol. The first-order chi connectivity index (χ1) is 12.2. The maximum Gasteiger partial charge on any atom is 0.326 e. The lowest BCUT2D eigenvalue weighted by Gasteiger charge is -2.24. The van der Waals surface area contributed by atoms with Crippen molar-refractivity contribution in [3.63, 3.8) is 0 Å². The molecule has 0 aromatic heterocycles. The second kappa shape index (κ2) is 10.8. The Balaban J connectivity index is 2.83. The van der Waals surface area contributed by atoms with Crippen LogP contribution < -0.4 is 16.4 Å². The van der Waals surface area contributed by atoms with E-state index in [0.717, 1.165) is 5.56 Å². The van der Waals surface area contributed by atoms with Crippen LogP contribution in [0.25, 0.3) is 0 Å². The van der Waals surface area contributed by atoms with Gasteiger partial charge in [0.1, 0.15) is 12.1 Å². The van der Waals surface area contributed by atoms with Crippen molar-refractivity contribution in [2.45, 2.75) is 44.8 Å². The van der Waals surface area contributed by atoms with E-state index in [0.29, 0.717) is 6.42 Å². The number of aliphatic carboxylic acids is 1. The molecule has 0 saturated carbocycles. The van der Waals surface area contributed by atoms with E-state index >= 15 is 0 Å². The molecule has 1 aromatic carbocycles. The van der Waals surface area contributed by atoms with E-state index in [4.69, 9.17) is 5.73 Å². The molecule has 144 valence electrons. The lowest BCUT2D eigenvalue weighted by atomic mass is 10.0. The van der Waals surface area contributed by atoms with E-state index in [1.54, 1.807) is 24.3 Å². The number of hydrogen-bond acceptors (Lipinski definition) is 5. The van der Waals surface area contributed by atoms with Crippen molar-refractivity contribution in [3.8, 4) is 0 Å². The fourth-order valence-corrected chi connectivity index (χ4v) is 2.55. The van der Waals surface area contributed by atoms with E-state index < -0.39 is 35.9 Å². The maximum atomic E-state index is 12.6. The summed E-state index contributed by atoms with van der Waals surface area (Å²) in [5.41, 5.74) is 6.43. The zero-order valence-corrected chi connectivity index (χ0v) is 15.9. The van der Waals surface area contributed by atoms with Gasteiger partial charge in [0.15, 0.2) is 0 Å². The van der Waals surface area contributed by atoms with Crippen molar-refractivity contribution in [3.05, 3.63) is 35.9 Å². The number of thiol groups is 1. The summed E-state index contributed by atoms with van der Waals surface area (Å²) in [6, 6.07) is 6.24. The molecule has 0 aliphatic carbocycles. The largest absolute Gasteiger partial charge is 0.480 e. The molecule has 5 N–H and O–H groups in total. The smallest absolute Gasteiger partial charge is 0.326 e. The number of carboxylic acid groups (broad SMARTS) is 1. The molecule has 7 nitrogen and oxygen atoms in total. The number of nitrogens with one attached hydrogen (secondary N) is 2. The number of benzene rings is 1. The predicted octanol–water partition coefficient (Wildman–Crippen LogP) is 0.587. The molecule has 0 spiro atoms. The highest BCUT2D eigenvalue weighted by Gasteiger charge is 2.28. The third-order valence-corrected chi connectivity index (χ3v) is 4.16. The summed E-state index contributed by atoms with van der Waals surface area (Å²) in [7, 11) is 0. The molecule has 1 rings (SSSR count). The zero-order valence-electron chi connectivity index (χ0n) is 15.0. The van der Waals surface area contributed by atoms with Crippen molar-refractivity contribution in [1.29, 1.82) is 0 Å². The van der Waals surface area contributed by atoms with E-state index in [-0.39, 0.29) is 18.1 Å². The quantitative estimate of drug-likeness (QED) is 0.380. The summed E-state index contributed by atoms with van der Waals surface area (Å²) in [5.74, 6) is -1.90. The average molecular weight is 381 g/mol. The molecule has 3 unspecified atom stereocenters. The van der Waals surface area contributed by atoms with Crippen LogP contribution in [0.1, 0.15) is 25.8 Å². The molecule has 0 heterocycles. The van der Waals surface area contributed by atoms with Crippen molar-refractivity contribution in [2.24, 2.45) is 11.7 Å². The third-order valence-electron chi connectivity index (χ3n) is 3.77. The van der Waals surface area contributed by atoms with Crippen LogP contribution in [0, 0.1) is 5.92 Å². The molecule has 1 aromatic rings. The first-order valence-electron chi connectivity index (χ1n) is 8.48. The number of rotatable bonds is 10. The predicted molar refractivity (Wildman–Crippen MR) is 103 cm³/mol. The summed E-state index contributed by atoms with van der Waals surface area (Å²) in [6.07, 6.45) is 0.523. The highest BCUT2D eigenvalue weighted by atomic mass is 32.1. The molecule has 0 aliphatic rings. The van der Waals surface area contributed by atoms with Crippen molar-refractivity contribution in [1.82, 2.24) is 10.6 Å². The summed E-state index contributed by atoms with van der Waals surface area (Å²) < 4.78 is 0. The Morgan fingerprint density at radius 2 is 1.65 bits per heavy atom. The van der Waals surface area contributed by atoms with Crippen LogP contribution in [0.2, 0.25) is 0 Å². The fourth-order valence-electron chi connectivity index (χ4n) is 2.39. The lowest BCUT2D eigenvalue weighted by Crippen LogP contribution is -2.55. The normalized spacial score (nSPS) is 14.3. The number of nitrogens with two attached hydrogens (primary N) is 1. The van der Waals surface area contributed by atoms with Gasteiger partial charge in [0.2, 0.25) is 11.8 Å². The van der Waals surface area contributed by atoms with E-state index in [1.807, 2.05) is 19.9 Å². The molecule has 0 aliphatic heterocycles. The second-order valence-electron chi connectivity index (χ2n) is 6.57. The van der Waals surface area contributed by atoms with Gasteiger partial charge in [0.05, 0.1) is 6.04 Å². The topological polar surface area (TPSA) is 122 Å².